The number of ether oxygens (including phenoxy) is 2. The molecule has 0 spiro atoms. The van der Waals surface area contributed by atoms with Crippen molar-refractivity contribution in [2.24, 2.45) is 5.92 Å². The van der Waals surface area contributed by atoms with E-state index in [9.17, 15) is 4.79 Å². The number of rotatable bonds is 7. The maximum Gasteiger partial charge on any atom is 0.228 e. The molecule has 5 nitrogen and oxygen atoms in total. The van der Waals surface area contributed by atoms with Gasteiger partial charge < -0.3 is 14.8 Å². The Morgan fingerprint density at radius 3 is 2.50 bits per heavy atom. The molecule has 1 N–H and O–H groups in total. The van der Waals surface area contributed by atoms with E-state index in [-0.39, 0.29) is 11.8 Å². The van der Waals surface area contributed by atoms with Crippen molar-refractivity contribution in [3.63, 3.8) is 0 Å². The van der Waals surface area contributed by atoms with Crippen molar-refractivity contribution in [1.29, 1.82) is 0 Å². The van der Waals surface area contributed by atoms with Crippen LogP contribution in [0.25, 0.3) is 11.1 Å². The van der Waals surface area contributed by atoms with E-state index in [2.05, 4.69) is 16.3 Å². The molecule has 3 aromatic rings. The van der Waals surface area contributed by atoms with Crippen molar-refractivity contribution in [1.82, 2.24) is 4.90 Å². The first-order chi connectivity index (χ1) is 15.7. The summed E-state index contributed by atoms with van der Waals surface area (Å²) in [5.74, 6) is 1.75. The van der Waals surface area contributed by atoms with Crippen molar-refractivity contribution in [2.45, 2.75) is 19.4 Å². The third-order valence-electron chi connectivity index (χ3n) is 6.05. The lowest BCUT2D eigenvalue weighted by atomic mass is 9.96. The Kier molecular flexibility index (Phi) is 7.07. The van der Waals surface area contributed by atoms with Gasteiger partial charge in [0.05, 0.1) is 20.1 Å². The van der Waals surface area contributed by atoms with Crippen LogP contribution in [0.5, 0.6) is 11.5 Å². The van der Waals surface area contributed by atoms with Gasteiger partial charge in [-0.25, -0.2) is 0 Å². The number of para-hydroxylation sites is 2. The Hall–Kier alpha value is -3.31. The molecule has 0 aromatic heterocycles. The summed E-state index contributed by atoms with van der Waals surface area (Å²) in [6, 6.07) is 23.9. The van der Waals surface area contributed by atoms with Gasteiger partial charge in [0.15, 0.2) is 0 Å². The van der Waals surface area contributed by atoms with Crippen molar-refractivity contribution in [2.75, 3.05) is 32.6 Å². The van der Waals surface area contributed by atoms with Crippen LogP contribution >= 0.6 is 0 Å². The lowest BCUT2D eigenvalue weighted by molar-refractivity contribution is -0.121. The first kappa shape index (κ1) is 21.9. The fourth-order valence-corrected chi connectivity index (χ4v) is 4.34. The molecule has 32 heavy (non-hydrogen) atoms. The predicted molar refractivity (Wildman–Crippen MR) is 128 cm³/mol. The summed E-state index contributed by atoms with van der Waals surface area (Å²) in [6.45, 7) is 2.52. The summed E-state index contributed by atoms with van der Waals surface area (Å²) < 4.78 is 10.8. The van der Waals surface area contributed by atoms with Crippen molar-refractivity contribution in [3.05, 3.63) is 78.4 Å². The maximum absolute atomic E-state index is 13.2. The highest BCUT2D eigenvalue weighted by Crippen LogP contribution is 2.30. The van der Waals surface area contributed by atoms with Gasteiger partial charge in [0.25, 0.3) is 0 Å². The Morgan fingerprint density at radius 2 is 1.72 bits per heavy atom. The summed E-state index contributed by atoms with van der Waals surface area (Å²) in [7, 11) is 3.36. The van der Waals surface area contributed by atoms with Gasteiger partial charge in [0, 0.05) is 29.9 Å². The number of piperidine rings is 1. The van der Waals surface area contributed by atoms with E-state index in [1.165, 1.54) is 0 Å². The van der Waals surface area contributed by atoms with Gasteiger partial charge in [-0.3, -0.25) is 9.69 Å². The van der Waals surface area contributed by atoms with Crippen LogP contribution in [-0.4, -0.2) is 38.1 Å². The second-order valence-electron chi connectivity index (χ2n) is 8.15. The molecular formula is C27H30N2O3. The van der Waals surface area contributed by atoms with Crippen LogP contribution in [0.3, 0.4) is 0 Å². The van der Waals surface area contributed by atoms with Gasteiger partial charge >= 0.3 is 0 Å². The summed E-state index contributed by atoms with van der Waals surface area (Å²) in [4.78, 5) is 15.5. The summed E-state index contributed by atoms with van der Waals surface area (Å²) in [5.41, 5.74) is 4.04. The summed E-state index contributed by atoms with van der Waals surface area (Å²) in [5, 5.41) is 3.19. The second kappa shape index (κ2) is 10.3. The zero-order valence-electron chi connectivity index (χ0n) is 18.7. The number of carbonyl (C=O) groups is 1. The highest BCUT2D eigenvalue weighted by atomic mass is 16.5. The van der Waals surface area contributed by atoms with Crippen molar-refractivity contribution >= 4 is 11.6 Å². The van der Waals surface area contributed by atoms with E-state index >= 15 is 0 Å². The quantitative estimate of drug-likeness (QED) is 0.558. The SMILES string of the molecule is COc1ccc(-c2ccccc2NC(=O)C2CCCN(Cc3ccccc3OC)C2)cc1. The Balaban J connectivity index is 1.45. The lowest BCUT2D eigenvalue weighted by Gasteiger charge is -2.32. The second-order valence-corrected chi connectivity index (χ2v) is 8.15. The van der Waals surface area contributed by atoms with E-state index in [0.717, 1.165) is 66.4 Å². The first-order valence-corrected chi connectivity index (χ1v) is 11.1. The minimum atomic E-state index is -0.0395. The van der Waals surface area contributed by atoms with Crippen LogP contribution in [0.15, 0.2) is 72.8 Å². The van der Waals surface area contributed by atoms with Crippen LogP contribution in [0.2, 0.25) is 0 Å². The molecule has 166 valence electrons. The number of carbonyl (C=O) groups excluding carboxylic acids is 1. The van der Waals surface area contributed by atoms with Gasteiger partial charge in [0.1, 0.15) is 11.5 Å². The Labute approximate surface area is 190 Å². The van der Waals surface area contributed by atoms with Gasteiger partial charge in [-0.2, -0.15) is 0 Å². The maximum atomic E-state index is 13.2. The smallest absolute Gasteiger partial charge is 0.228 e. The standard InChI is InChI=1S/C27H30N2O3/c1-31-23-15-13-20(14-16-23)24-10-4-5-11-25(24)28-27(30)22-9-7-17-29(19-22)18-21-8-3-6-12-26(21)32-2/h3-6,8,10-16,22H,7,9,17-19H2,1-2H3,(H,28,30). The highest BCUT2D eigenvalue weighted by Gasteiger charge is 2.26. The van der Waals surface area contributed by atoms with Crippen LogP contribution in [0.4, 0.5) is 5.69 Å². The molecule has 1 amide bonds. The molecule has 3 aromatic carbocycles. The fourth-order valence-electron chi connectivity index (χ4n) is 4.34. The molecule has 0 bridgehead atoms. The normalized spacial score (nSPS) is 16.4. The number of anilines is 1. The van der Waals surface area contributed by atoms with Crippen LogP contribution < -0.4 is 14.8 Å². The average Bonchev–Trinajstić information content (AvgIpc) is 2.85. The molecular weight excluding hydrogens is 400 g/mol. The molecule has 4 rings (SSSR count). The van der Waals surface area contributed by atoms with Gasteiger partial charge in [-0.15, -0.1) is 0 Å². The fraction of sp³-hybridized carbons (Fsp3) is 0.296. The van der Waals surface area contributed by atoms with E-state index < -0.39 is 0 Å². The monoisotopic (exact) mass is 430 g/mol. The number of hydrogen-bond acceptors (Lipinski definition) is 4. The van der Waals surface area contributed by atoms with Gasteiger partial charge in [0.2, 0.25) is 5.91 Å². The number of methoxy groups -OCH3 is 2. The zero-order chi connectivity index (χ0) is 22.3. The van der Waals surface area contributed by atoms with Crippen molar-refractivity contribution < 1.29 is 14.3 Å². The topological polar surface area (TPSA) is 50.8 Å². The van der Waals surface area contributed by atoms with E-state index in [0.29, 0.717) is 0 Å². The third kappa shape index (κ3) is 5.11. The molecule has 0 saturated carbocycles. The molecule has 0 aliphatic carbocycles. The molecule has 1 saturated heterocycles. The zero-order valence-corrected chi connectivity index (χ0v) is 18.7. The van der Waals surface area contributed by atoms with E-state index in [1.54, 1.807) is 14.2 Å². The van der Waals surface area contributed by atoms with Gasteiger partial charge in [-0.05, 0) is 49.2 Å². The molecule has 1 atom stereocenters. The molecule has 1 aliphatic rings. The van der Waals surface area contributed by atoms with E-state index in [4.69, 9.17) is 9.47 Å². The third-order valence-corrected chi connectivity index (χ3v) is 6.05. The number of benzene rings is 3. The first-order valence-electron chi connectivity index (χ1n) is 11.1. The minimum Gasteiger partial charge on any atom is -0.497 e. The predicted octanol–water partition coefficient (Wildman–Crippen LogP) is 5.22. The van der Waals surface area contributed by atoms with E-state index in [1.807, 2.05) is 66.7 Å². The van der Waals surface area contributed by atoms with Crippen LogP contribution in [0.1, 0.15) is 18.4 Å². The number of nitrogens with one attached hydrogen (secondary N) is 1. The Bertz CT molecular complexity index is 1050. The Morgan fingerprint density at radius 1 is 0.969 bits per heavy atom. The minimum absolute atomic E-state index is 0.0395. The molecule has 1 heterocycles. The lowest BCUT2D eigenvalue weighted by Crippen LogP contribution is -2.40. The number of nitrogens with zero attached hydrogens (tertiary/aromatic N) is 1. The molecule has 1 aliphatic heterocycles. The summed E-state index contributed by atoms with van der Waals surface area (Å²) in [6.07, 6.45) is 1.91. The summed E-state index contributed by atoms with van der Waals surface area (Å²) >= 11 is 0. The molecule has 1 fully saturated rings. The molecule has 1 unspecified atom stereocenters. The highest BCUT2D eigenvalue weighted by molar-refractivity contribution is 5.97. The molecule has 0 radical (unpaired) electrons. The van der Waals surface area contributed by atoms with Crippen LogP contribution in [-0.2, 0) is 11.3 Å². The largest absolute Gasteiger partial charge is 0.497 e. The number of likely N-dealkylation sites (tertiary alicyclic amines) is 1. The van der Waals surface area contributed by atoms with Crippen molar-refractivity contribution in [3.8, 4) is 22.6 Å². The average molecular weight is 431 g/mol. The number of hydrogen-bond donors (Lipinski definition) is 1. The van der Waals surface area contributed by atoms with Crippen LogP contribution in [0, 0.1) is 5.92 Å². The molecule has 5 heteroatoms. The number of amides is 1. The van der Waals surface area contributed by atoms with Gasteiger partial charge in [-0.1, -0.05) is 48.5 Å².